The summed E-state index contributed by atoms with van der Waals surface area (Å²) in [6, 6.07) is 12.0. The first kappa shape index (κ1) is 11.2. The van der Waals surface area contributed by atoms with Crippen LogP contribution in [0.25, 0.3) is 21.9 Å². The Balaban J connectivity index is 2.24. The van der Waals surface area contributed by atoms with Crippen molar-refractivity contribution in [1.29, 1.82) is 0 Å². The quantitative estimate of drug-likeness (QED) is 0.746. The summed E-state index contributed by atoms with van der Waals surface area (Å²) >= 11 is 0. The van der Waals surface area contributed by atoms with Crippen LogP contribution in [-0.4, -0.2) is 11.5 Å². The summed E-state index contributed by atoms with van der Waals surface area (Å²) in [5.74, 6) is 0. The second-order valence-electron chi connectivity index (χ2n) is 4.13. The van der Waals surface area contributed by atoms with Gasteiger partial charge >= 0.3 is 0 Å². The number of aliphatic hydroxyl groups excluding tert-OH is 1. The van der Waals surface area contributed by atoms with Gasteiger partial charge in [-0.1, -0.05) is 24.3 Å². The molecule has 3 aromatic rings. The molecule has 1 atom stereocenters. The summed E-state index contributed by atoms with van der Waals surface area (Å²) in [5.41, 5.74) is 1.53. The van der Waals surface area contributed by atoms with Crippen LogP contribution in [0, 0.1) is 0 Å². The van der Waals surface area contributed by atoms with Gasteiger partial charge in [-0.05, 0) is 23.8 Å². The lowest BCUT2D eigenvalue weighted by molar-refractivity contribution is -0.00570. The van der Waals surface area contributed by atoms with Crippen LogP contribution in [0.1, 0.15) is 11.7 Å². The average molecular weight is 248 g/mol. The van der Waals surface area contributed by atoms with Crippen molar-refractivity contribution < 1.29 is 18.3 Å². The number of hydrogen-bond acceptors (Lipinski definition) is 2. The lowest BCUT2D eigenvalue weighted by Crippen LogP contribution is -2.07. The van der Waals surface area contributed by atoms with Crippen LogP contribution in [0.2, 0.25) is 0 Å². The Morgan fingerprint density at radius 2 is 1.67 bits per heavy atom. The molecule has 0 spiro atoms. The van der Waals surface area contributed by atoms with Crippen molar-refractivity contribution in [2.45, 2.75) is 12.5 Å². The zero-order valence-corrected chi connectivity index (χ0v) is 9.31. The molecule has 0 amide bonds. The molecule has 92 valence electrons. The van der Waals surface area contributed by atoms with E-state index < -0.39 is 12.5 Å². The van der Waals surface area contributed by atoms with Gasteiger partial charge in [0.1, 0.15) is 17.3 Å². The van der Waals surface area contributed by atoms with Crippen LogP contribution in [0.5, 0.6) is 0 Å². The van der Waals surface area contributed by atoms with Crippen molar-refractivity contribution in [3.8, 4) is 0 Å². The summed E-state index contributed by atoms with van der Waals surface area (Å²) in [6.07, 6.45) is -4.55. The standard InChI is InChI=1S/C14H10F2O2/c15-14(16)13(17)8-5-6-12-10(7-8)9-3-1-2-4-11(9)18-12/h1-7,13-14,17H. The van der Waals surface area contributed by atoms with Crippen LogP contribution in [0.3, 0.4) is 0 Å². The second-order valence-corrected chi connectivity index (χ2v) is 4.13. The van der Waals surface area contributed by atoms with Crippen LogP contribution < -0.4 is 0 Å². The molecule has 2 nitrogen and oxygen atoms in total. The summed E-state index contributed by atoms with van der Waals surface area (Å²) in [4.78, 5) is 0. The largest absolute Gasteiger partial charge is 0.456 e. The van der Waals surface area contributed by atoms with Gasteiger partial charge in [-0.2, -0.15) is 0 Å². The van der Waals surface area contributed by atoms with Crippen LogP contribution in [0.4, 0.5) is 8.78 Å². The van der Waals surface area contributed by atoms with Crippen molar-refractivity contribution in [2.24, 2.45) is 0 Å². The van der Waals surface area contributed by atoms with E-state index in [2.05, 4.69) is 0 Å². The molecule has 1 aromatic heterocycles. The molecule has 4 heteroatoms. The van der Waals surface area contributed by atoms with Gasteiger partial charge in [0.05, 0.1) is 0 Å². The normalized spacial score (nSPS) is 13.6. The highest BCUT2D eigenvalue weighted by Gasteiger charge is 2.20. The van der Waals surface area contributed by atoms with Gasteiger partial charge in [-0.3, -0.25) is 0 Å². The SMILES string of the molecule is OC(c1ccc2oc3ccccc3c2c1)C(F)F. The number of furan rings is 1. The molecule has 0 saturated heterocycles. The van der Waals surface area contributed by atoms with E-state index in [1.807, 2.05) is 24.3 Å². The number of hydrogen-bond donors (Lipinski definition) is 1. The fourth-order valence-electron chi connectivity index (χ4n) is 2.07. The molecule has 0 fully saturated rings. The highest BCUT2D eigenvalue weighted by Crippen LogP contribution is 2.31. The first-order chi connectivity index (χ1) is 8.66. The third kappa shape index (κ3) is 1.66. The maximum Gasteiger partial charge on any atom is 0.268 e. The van der Waals surface area contributed by atoms with Crippen LogP contribution >= 0.6 is 0 Å². The van der Waals surface area contributed by atoms with E-state index in [-0.39, 0.29) is 5.56 Å². The number of halogens is 2. The Bertz CT molecular complexity index is 703. The highest BCUT2D eigenvalue weighted by atomic mass is 19.3. The van der Waals surface area contributed by atoms with Crippen molar-refractivity contribution in [2.75, 3.05) is 0 Å². The van der Waals surface area contributed by atoms with Gasteiger partial charge < -0.3 is 9.52 Å². The number of benzene rings is 2. The number of rotatable bonds is 2. The van der Waals surface area contributed by atoms with E-state index in [0.29, 0.717) is 11.2 Å². The minimum atomic E-state index is -2.79. The lowest BCUT2D eigenvalue weighted by atomic mass is 10.1. The molecule has 1 unspecified atom stereocenters. The van der Waals surface area contributed by atoms with Crippen molar-refractivity contribution >= 4 is 21.9 Å². The van der Waals surface area contributed by atoms with Gasteiger partial charge in [0, 0.05) is 10.8 Å². The fraction of sp³-hybridized carbons (Fsp3) is 0.143. The van der Waals surface area contributed by atoms with Crippen molar-refractivity contribution in [1.82, 2.24) is 0 Å². The fourth-order valence-corrected chi connectivity index (χ4v) is 2.07. The van der Waals surface area contributed by atoms with E-state index in [1.165, 1.54) is 6.07 Å². The van der Waals surface area contributed by atoms with E-state index in [1.54, 1.807) is 12.1 Å². The molecule has 0 radical (unpaired) electrons. The molecular formula is C14H10F2O2. The predicted molar refractivity (Wildman–Crippen MR) is 64.7 cm³/mol. The molecular weight excluding hydrogens is 238 g/mol. The number of para-hydroxylation sites is 1. The third-order valence-electron chi connectivity index (χ3n) is 2.98. The lowest BCUT2D eigenvalue weighted by Gasteiger charge is -2.09. The Labute approximate surface area is 101 Å². The number of fused-ring (bicyclic) bond motifs is 3. The molecule has 1 heterocycles. The molecule has 2 aromatic carbocycles. The first-order valence-corrected chi connectivity index (χ1v) is 5.54. The van der Waals surface area contributed by atoms with E-state index in [0.717, 1.165) is 10.8 Å². The molecule has 0 aliphatic rings. The Morgan fingerprint density at radius 3 is 2.44 bits per heavy atom. The molecule has 0 aliphatic carbocycles. The summed E-state index contributed by atoms with van der Waals surface area (Å²) < 4.78 is 30.5. The summed E-state index contributed by atoms with van der Waals surface area (Å²) in [6.45, 7) is 0. The van der Waals surface area contributed by atoms with E-state index >= 15 is 0 Å². The van der Waals surface area contributed by atoms with Crippen LogP contribution in [-0.2, 0) is 0 Å². The Morgan fingerprint density at radius 1 is 0.944 bits per heavy atom. The molecule has 0 bridgehead atoms. The summed E-state index contributed by atoms with van der Waals surface area (Å²) in [7, 11) is 0. The first-order valence-electron chi connectivity index (χ1n) is 5.54. The third-order valence-corrected chi connectivity index (χ3v) is 2.98. The maximum absolute atomic E-state index is 12.5. The maximum atomic E-state index is 12.5. The van der Waals surface area contributed by atoms with E-state index in [4.69, 9.17) is 4.42 Å². The topological polar surface area (TPSA) is 33.4 Å². The number of aliphatic hydroxyl groups is 1. The van der Waals surface area contributed by atoms with Gasteiger partial charge in [0.15, 0.2) is 0 Å². The van der Waals surface area contributed by atoms with Gasteiger partial charge in [0.25, 0.3) is 6.43 Å². The number of alkyl halides is 2. The highest BCUT2D eigenvalue weighted by molar-refractivity contribution is 6.04. The second kappa shape index (κ2) is 4.07. The summed E-state index contributed by atoms with van der Waals surface area (Å²) in [5, 5.41) is 11.0. The molecule has 1 N–H and O–H groups in total. The van der Waals surface area contributed by atoms with Crippen molar-refractivity contribution in [3.63, 3.8) is 0 Å². The zero-order valence-electron chi connectivity index (χ0n) is 9.31. The molecule has 18 heavy (non-hydrogen) atoms. The Hall–Kier alpha value is -1.94. The monoisotopic (exact) mass is 248 g/mol. The smallest absolute Gasteiger partial charge is 0.268 e. The van der Waals surface area contributed by atoms with Gasteiger partial charge in [-0.15, -0.1) is 0 Å². The van der Waals surface area contributed by atoms with Gasteiger partial charge in [0.2, 0.25) is 0 Å². The molecule has 0 saturated carbocycles. The minimum Gasteiger partial charge on any atom is -0.456 e. The van der Waals surface area contributed by atoms with E-state index in [9.17, 15) is 13.9 Å². The average Bonchev–Trinajstić information content (AvgIpc) is 2.75. The minimum absolute atomic E-state index is 0.198. The predicted octanol–water partition coefficient (Wildman–Crippen LogP) is 3.88. The van der Waals surface area contributed by atoms with Gasteiger partial charge in [-0.25, -0.2) is 8.78 Å². The zero-order chi connectivity index (χ0) is 12.7. The van der Waals surface area contributed by atoms with Crippen LogP contribution in [0.15, 0.2) is 46.9 Å². The molecule has 0 aliphatic heterocycles. The Kier molecular flexibility index (Phi) is 2.52. The van der Waals surface area contributed by atoms with Crippen molar-refractivity contribution in [3.05, 3.63) is 48.0 Å². The molecule has 3 rings (SSSR count).